The van der Waals surface area contributed by atoms with E-state index in [0.29, 0.717) is 29.7 Å². The molecule has 1 saturated heterocycles. The molecule has 0 unspecified atom stereocenters. The molecular formula is C17H24N2O3. The minimum Gasteiger partial charge on any atom is -0.493 e. The van der Waals surface area contributed by atoms with Gasteiger partial charge in [-0.1, -0.05) is 0 Å². The summed E-state index contributed by atoms with van der Waals surface area (Å²) in [5, 5.41) is 17.9. The molecular weight excluding hydrogens is 280 g/mol. The van der Waals surface area contributed by atoms with Crippen molar-refractivity contribution in [3.8, 4) is 17.6 Å². The monoisotopic (exact) mass is 304 g/mol. The van der Waals surface area contributed by atoms with Crippen LogP contribution in [0.1, 0.15) is 31.2 Å². The van der Waals surface area contributed by atoms with Gasteiger partial charge in [-0.05, 0) is 44.4 Å². The van der Waals surface area contributed by atoms with Gasteiger partial charge in [0.25, 0.3) is 0 Å². The van der Waals surface area contributed by atoms with Gasteiger partial charge in [-0.3, -0.25) is 4.90 Å². The summed E-state index contributed by atoms with van der Waals surface area (Å²) in [5.41, 5.74) is 0.563. The fraction of sp³-hybridized carbons (Fsp3) is 0.588. The average molecular weight is 304 g/mol. The Hall–Kier alpha value is -1.77. The minimum absolute atomic E-state index is 0.267. The summed E-state index contributed by atoms with van der Waals surface area (Å²) in [6.45, 7) is 2.84. The molecule has 1 heterocycles. The largest absolute Gasteiger partial charge is 0.493 e. The molecule has 1 atom stereocenters. The van der Waals surface area contributed by atoms with Gasteiger partial charge in [-0.15, -0.1) is 0 Å². The summed E-state index contributed by atoms with van der Waals surface area (Å²) in [6, 6.07) is 7.87. The quantitative estimate of drug-likeness (QED) is 0.797. The van der Waals surface area contributed by atoms with Crippen LogP contribution in [0, 0.1) is 11.3 Å². The van der Waals surface area contributed by atoms with E-state index in [1.54, 1.807) is 25.3 Å². The molecule has 0 aromatic heterocycles. The van der Waals surface area contributed by atoms with Crippen molar-refractivity contribution in [3.63, 3.8) is 0 Å². The van der Waals surface area contributed by atoms with E-state index < -0.39 is 0 Å². The predicted octanol–water partition coefficient (Wildman–Crippen LogP) is 2.18. The Morgan fingerprint density at radius 1 is 1.41 bits per heavy atom. The van der Waals surface area contributed by atoms with Crippen LogP contribution >= 0.6 is 0 Å². The highest BCUT2D eigenvalue weighted by molar-refractivity contribution is 5.46. The van der Waals surface area contributed by atoms with E-state index in [1.165, 1.54) is 12.8 Å². The van der Waals surface area contributed by atoms with Crippen molar-refractivity contribution >= 4 is 0 Å². The molecule has 1 aliphatic rings. The molecule has 120 valence electrons. The third-order valence-electron chi connectivity index (χ3n) is 4.12. The van der Waals surface area contributed by atoms with Crippen LogP contribution in [0.25, 0.3) is 0 Å². The molecule has 1 aliphatic heterocycles. The van der Waals surface area contributed by atoms with E-state index in [0.717, 1.165) is 25.9 Å². The zero-order chi connectivity index (χ0) is 15.8. The number of ether oxygens (including phenoxy) is 2. The first-order chi connectivity index (χ1) is 10.8. The number of hydrogen-bond acceptors (Lipinski definition) is 5. The first kappa shape index (κ1) is 16.6. The SMILES string of the molecule is COc1cc(C#N)ccc1OCCN1CCC[C@@H]1CCCO. The van der Waals surface area contributed by atoms with E-state index in [1.807, 2.05) is 0 Å². The summed E-state index contributed by atoms with van der Waals surface area (Å²) in [7, 11) is 1.58. The lowest BCUT2D eigenvalue weighted by Gasteiger charge is -2.24. The molecule has 1 fully saturated rings. The maximum absolute atomic E-state index is 8.96. The maximum atomic E-state index is 8.96. The third-order valence-corrected chi connectivity index (χ3v) is 4.12. The molecule has 22 heavy (non-hydrogen) atoms. The van der Waals surface area contributed by atoms with Crippen LogP contribution in [0.3, 0.4) is 0 Å². The van der Waals surface area contributed by atoms with Gasteiger partial charge in [-0.2, -0.15) is 5.26 Å². The molecule has 0 aliphatic carbocycles. The van der Waals surface area contributed by atoms with Crippen molar-refractivity contribution in [2.75, 3.05) is 33.4 Å². The van der Waals surface area contributed by atoms with E-state index in [-0.39, 0.29) is 6.61 Å². The Bertz CT molecular complexity index is 513. The second-order valence-electron chi connectivity index (χ2n) is 5.52. The van der Waals surface area contributed by atoms with Gasteiger partial charge in [0.2, 0.25) is 0 Å². The molecule has 5 nitrogen and oxygen atoms in total. The molecule has 0 saturated carbocycles. The summed E-state index contributed by atoms with van der Waals surface area (Å²) < 4.78 is 11.1. The predicted molar refractivity (Wildman–Crippen MR) is 84.1 cm³/mol. The molecule has 1 aromatic rings. The highest BCUT2D eigenvalue weighted by Gasteiger charge is 2.23. The lowest BCUT2D eigenvalue weighted by atomic mass is 10.1. The first-order valence-electron chi connectivity index (χ1n) is 7.84. The summed E-state index contributed by atoms with van der Waals surface area (Å²) in [6.07, 6.45) is 4.35. The highest BCUT2D eigenvalue weighted by Crippen LogP contribution is 2.28. The Morgan fingerprint density at radius 2 is 2.27 bits per heavy atom. The first-order valence-corrected chi connectivity index (χ1v) is 7.84. The Kier molecular flexibility index (Phi) is 6.50. The number of nitrogens with zero attached hydrogens (tertiary/aromatic N) is 2. The maximum Gasteiger partial charge on any atom is 0.162 e. The number of aliphatic hydroxyl groups excluding tert-OH is 1. The number of rotatable bonds is 8. The average Bonchev–Trinajstić information content (AvgIpc) is 3.00. The van der Waals surface area contributed by atoms with E-state index in [2.05, 4.69) is 11.0 Å². The molecule has 2 rings (SSSR count). The Morgan fingerprint density at radius 3 is 3.00 bits per heavy atom. The van der Waals surface area contributed by atoms with Crippen LogP contribution in [0.15, 0.2) is 18.2 Å². The van der Waals surface area contributed by atoms with E-state index >= 15 is 0 Å². The zero-order valence-corrected chi connectivity index (χ0v) is 13.1. The normalized spacial score (nSPS) is 18.1. The summed E-state index contributed by atoms with van der Waals surface area (Å²) >= 11 is 0. The second kappa shape index (κ2) is 8.62. The van der Waals surface area contributed by atoms with Crippen molar-refractivity contribution < 1.29 is 14.6 Å². The van der Waals surface area contributed by atoms with Crippen LogP contribution in [0.2, 0.25) is 0 Å². The molecule has 1 N–H and O–H groups in total. The van der Waals surface area contributed by atoms with Crippen molar-refractivity contribution in [1.82, 2.24) is 4.90 Å². The van der Waals surface area contributed by atoms with Gasteiger partial charge >= 0.3 is 0 Å². The van der Waals surface area contributed by atoms with Gasteiger partial charge < -0.3 is 14.6 Å². The smallest absolute Gasteiger partial charge is 0.162 e. The third kappa shape index (κ3) is 4.36. The Balaban J connectivity index is 1.84. The fourth-order valence-electron chi connectivity index (χ4n) is 2.97. The standard InChI is InChI=1S/C17H24N2O3/c1-21-17-12-14(13-18)6-7-16(17)22-11-9-19-8-2-4-15(19)5-3-10-20/h6-7,12,15,20H,2-5,8-11H2,1H3/t15-/m1/s1. The van der Waals surface area contributed by atoms with Gasteiger partial charge in [-0.25, -0.2) is 0 Å². The number of hydrogen-bond donors (Lipinski definition) is 1. The number of aliphatic hydroxyl groups is 1. The van der Waals surface area contributed by atoms with Gasteiger partial charge in [0.05, 0.1) is 18.7 Å². The Labute approximate surface area is 132 Å². The molecule has 1 aromatic carbocycles. The topological polar surface area (TPSA) is 65.7 Å². The van der Waals surface area contributed by atoms with Gasteiger partial charge in [0.15, 0.2) is 11.5 Å². The minimum atomic E-state index is 0.267. The number of nitriles is 1. The van der Waals surface area contributed by atoms with Crippen LogP contribution in [-0.4, -0.2) is 49.5 Å². The zero-order valence-electron chi connectivity index (χ0n) is 13.1. The van der Waals surface area contributed by atoms with Crippen LogP contribution < -0.4 is 9.47 Å². The number of methoxy groups -OCH3 is 1. The van der Waals surface area contributed by atoms with Crippen molar-refractivity contribution in [2.45, 2.75) is 31.7 Å². The molecule has 0 spiro atoms. The highest BCUT2D eigenvalue weighted by atomic mass is 16.5. The van der Waals surface area contributed by atoms with Crippen LogP contribution in [-0.2, 0) is 0 Å². The summed E-state index contributed by atoms with van der Waals surface area (Å²) in [4.78, 5) is 2.44. The van der Waals surface area contributed by atoms with Crippen molar-refractivity contribution in [2.24, 2.45) is 0 Å². The lowest BCUT2D eigenvalue weighted by Crippen LogP contribution is -2.33. The van der Waals surface area contributed by atoms with Gasteiger partial charge in [0, 0.05) is 25.3 Å². The lowest BCUT2D eigenvalue weighted by molar-refractivity contribution is 0.178. The number of likely N-dealkylation sites (tertiary alicyclic amines) is 1. The molecule has 0 radical (unpaired) electrons. The molecule has 0 bridgehead atoms. The van der Waals surface area contributed by atoms with Gasteiger partial charge in [0.1, 0.15) is 6.61 Å². The molecule has 5 heteroatoms. The van der Waals surface area contributed by atoms with Crippen molar-refractivity contribution in [3.05, 3.63) is 23.8 Å². The molecule has 0 amide bonds. The fourth-order valence-corrected chi connectivity index (χ4v) is 2.97. The van der Waals surface area contributed by atoms with Crippen LogP contribution in [0.4, 0.5) is 0 Å². The van der Waals surface area contributed by atoms with Crippen molar-refractivity contribution in [1.29, 1.82) is 5.26 Å². The van der Waals surface area contributed by atoms with Crippen LogP contribution in [0.5, 0.6) is 11.5 Å². The summed E-state index contributed by atoms with van der Waals surface area (Å²) in [5.74, 6) is 1.27. The van der Waals surface area contributed by atoms with E-state index in [9.17, 15) is 0 Å². The second-order valence-corrected chi connectivity index (χ2v) is 5.52. The number of benzene rings is 1. The van der Waals surface area contributed by atoms with E-state index in [4.69, 9.17) is 19.8 Å².